The third-order valence-electron chi connectivity index (χ3n) is 1.53. The summed E-state index contributed by atoms with van der Waals surface area (Å²) in [6.07, 6.45) is 2.37. The fraction of sp³-hybridized carbons (Fsp3) is 0. The molecule has 0 aromatic heterocycles. The van der Waals surface area contributed by atoms with E-state index in [0.29, 0.717) is 0 Å². The quantitative estimate of drug-likeness (QED) is 0.365. The first-order chi connectivity index (χ1) is 4.86. The van der Waals surface area contributed by atoms with Crippen LogP contribution in [-0.2, 0) is 24.7 Å². The van der Waals surface area contributed by atoms with Gasteiger partial charge in [-0.1, -0.05) is 0 Å². The molecule has 1 aliphatic heterocycles. The van der Waals surface area contributed by atoms with Gasteiger partial charge in [-0.15, -0.1) is 0 Å². The summed E-state index contributed by atoms with van der Waals surface area (Å²) in [5.74, 6) is 0. The zero-order valence-electron chi connectivity index (χ0n) is 6.52. The second-order valence-corrected chi connectivity index (χ2v) is 10.9. The average molecular weight is 421 g/mol. The van der Waals surface area contributed by atoms with E-state index in [2.05, 4.69) is 30.3 Å². The van der Waals surface area contributed by atoms with Gasteiger partial charge in [-0.2, -0.15) is 0 Å². The normalized spacial score (nSPS) is 11.4. The minimum absolute atomic E-state index is 0. The molecule has 0 fully saturated rings. The van der Waals surface area contributed by atoms with E-state index in [4.69, 9.17) is 0 Å². The predicted molar refractivity (Wildman–Crippen MR) is 41.2 cm³/mol. The van der Waals surface area contributed by atoms with Crippen molar-refractivity contribution in [3.05, 3.63) is 31.1 Å². The van der Waals surface area contributed by atoms with Crippen LogP contribution in [0.3, 0.4) is 0 Å². The van der Waals surface area contributed by atoms with E-state index in [1.54, 1.807) is 29.5 Å². The Morgan fingerprint density at radius 2 is 1.62 bits per heavy atom. The van der Waals surface area contributed by atoms with Crippen LogP contribution in [0.1, 0.15) is 5.56 Å². The van der Waals surface area contributed by atoms with Crippen LogP contribution in [0.5, 0.6) is 0 Å². The van der Waals surface area contributed by atoms with Gasteiger partial charge in [0.15, 0.2) is 0 Å². The topological polar surface area (TPSA) is 0 Å². The van der Waals surface area contributed by atoms with Crippen LogP contribution in [0, 0.1) is 0 Å². The fourth-order valence-corrected chi connectivity index (χ4v) is 6.52. The van der Waals surface area contributed by atoms with Crippen LogP contribution < -0.4 is 40.7 Å². The predicted octanol–water partition coefficient (Wildman–Crippen LogP) is -8.38. The molecule has 13 heavy (non-hydrogen) atoms. The van der Waals surface area contributed by atoms with Crippen molar-refractivity contribution in [3.63, 3.8) is 0 Å². The molecule has 0 aliphatic carbocycles. The van der Waals surface area contributed by atoms with Crippen LogP contribution in [0.15, 0.2) is 25.5 Å². The molecule has 0 spiro atoms. The maximum absolute atomic E-state index is 2.37. The Kier molecular flexibility index (Phi) is 10.1. The van der Waals surface area contributed by atoms with E-state index in [0.717, 1.165) is 0 Å². The van der Waals surface area contributed by atoms with Crippen molar-refractivity contribution in [2.75, 3.05) is 0 Å². The molecule has 1 aromatic rings. The Morgan fingerprint density at radius 3 is 2.23 bits per heavy atom. The van der Waals surface area contributed by atoms with E-state index in [-0.39, 0.29) is 58.8 Å². The Morgan fingerprint density at radius 1 is 1.00 bits per heavy atom. The molecule has 0 bridgehead atoms. The van der Waals surface area contributed by atoms with Gasteiger partial charge >= 0.3 is 87.0 Å². The molecular formula is C8H6Cl3SbZr. The number of benzene rings is 1. The number of hydrogen-bond acceptors (Lipinski definition) is 0. The van der Waals surface area contributed by atoms with Crippen molar-refractivity contribution < 1.29 is 61.9 Å². The Bertz CT molecular complexity index is 301. The summed E-state index contributed by atoms with van der Waals surface area (Å²) in [7, 11) is 0. The zero-order valence-corrected chi connectivity index (χ0v) is 14.1. The first-order valence-corrected chi connectivity index (χ1v) is 7.24. The van der Waals surface area contributed by atoms with Gasteiger partial charge in [0.05, 0.1) is 0 Å². The number of hydrogen-bond donors (Lipinski definition) is 0. The Balaban J connectivity index is 0. The molecule has 2 rings (SSSR count). The van der Waals surface area contributed by atoms with E-state index < -0.39 is 0 Å². The zero-order chi connectivity index (χ0) is 6.97. The van der Waals surface area contributed by atoms with E-state index >= 15 is 0 Å². The molecule has 0 radical (unpaired) electrons. The molecule has 0 saturated carbocycles. The van der Waals surface area contributed by atoms with Crippen LogP contribution >= 0.6 is 0 Å². The summed E-state index contributed by atoms with van der Waals surface area (Å²) in [4.78, 5) is 0. The van der Waals surface area contributed by atoms with Gasteiger partial charge < -0.3 is 37.2 Å². The standard InChI is InChI=1S/C8H5.3ClH.Sb.Zr.H/c1-2-8-6-4-3-5-7-8;;;;;;/h2-6H;3*1H;;;/q;;;;;+3;/p-3. The number of halogens is 3. The van der Waals surface area contributed by atoms with E-state index in [9.17, 15) is 0 Å². The van der Waals surface area contributed by atoms with Gasteiger partial charge in [-0.3, -0.25) is 0 Å². The minimum atomic E-state index is -0.245. The number of rotatable bonds is 0. The first kappa shape index (κ1) is 16.9. The Hall–Kier alpha value is 1.53. The molecule has 0 atom stereocenters. The summed E-state index contributed by atoms with van der Waals surface area (Å²) in [5, 5.41) is 0. The summed E-state index contributed by atoms with van der Waals surface area (Å²) in [5.41, 5.74) is 1.50. The van der Waals surface area contributed by atoms with Crippen LogP contribution in [0.2, 0.25) is 0 Å². The molecule has 0 nitrogen and oxygen atoms in total. The van der Waals surface area contributed by atoms with Gasteiger partial charge in [-0.05, 0) is 0 Å². The molecule has 68 valence electrons. The van der Waals surface area contributed by atoms with Crippen LogP contribution in [0.25, 0.3) is 6.08 Å². The van der Waals surface area contributed by atoms with Crippen molar-refractivity contribution in [2.24, 2.45) is 0 Å². The summed E-state index contributed by atoms with van der Waals surface area (Å²) >= 11 is 1.39. The third kappa shape index (κ3) is 4.27. The van der Waals surface area contributed by atoms with Gasteiger partial charge in [-0.25, -0.2) is 0 Å². The molecular weight excluding hydrogens is 415 g/mol. The van der Waals surface area contributed by atoms with Gasteiger partial charge in [0.1, 0.15) is 0 Å². The van der Waals surface area contributed by atoms with Gasteiger partial charge in [0.25, 0.3) is 0 Å². The average Bonchev–Trinajstić information content (AvgIpc) is 2.27. The molecule has 1 aromatic carbocycles. The summed E-state index contributed by atoms with van der Waals surface area (Å²) < 4.78 is 3.40. The van der Waals surface area contributed by atoms with Crippen molar-refractivity contribution in [1.82, 2.24) is 0 Å². The number of fused-ring (bicyclic) bond motifs is 1. The van der Waals surface area contributed by atoms with Crippen molar-refractivity contribution in [2.45, 2.75) is 0 Å². The summed E-state index contributed by atoms with van der Waals surface area (Å²) in [6, 6.07) is 8.80. The molecule has 1 aliphatic rings. The van der Waals surface area contributed by atoms with Crippen molar-refractivity contribution in [1.29, 1.82) is 0 Å². The molecule has 1 heterocycles. The molecule has 0 N–H and O–H groups in total. The fourth-order valence-electron chi connectivity index (χ4n) is 1.07. The van der Waals surface area contributed by atoms with Crippen LogP contribution in [0.4, 0.5) is 0 Å². The van der Waals surface area contributed by atoms with Crippen molar-refractivity contribution >= 4 is 31.2 Å². The van der Waals surface area contributed by atoms with Crippen LogP contribution in [-0.4, -0.2) is 21.6 Å². The molecule has 0 unspecified atom stereocenters. The Labute approximate surface area is 123 Å². The maximum atomic E-state index is 2.37. The third-order valence-corrected chi connectivity index (χ3v) is 7.19. The van der Waals surface area contributed by atoms with E-state index in [1.165, 1.54) is 5.56 Å². The first-order valence-electron chi connectivity index (χ1n) is 3.15. The molecule has 0 amide bonds. The summed E-state index contributed by atoms with van der Waals surface area (Å²) in [6.45, 7) is 0. The SMILES string of the molecule is [Cl-].[Cl-].[Cl-].[Zr+3][C]1=Cc2cccc[c]2[SbH]1. The molecule has 5 heteroatoms. The van der Waals surface area contributed by atoms with E-state index in [1.807, 2.05) is 0 Å². The molecule has 0 saturated heterocycles. The monoisotopic (exact) mass is 418 g/mol. The second-order valence-electron chi connectivity index (χ2n) is 2.27. The van der Waals surface area contributed by atoms with Gasteiger partial charge in [0, 0.05) is 0 Å². The van der Waals surface area contributed by atoms with Crippen molar-refractivity contribution in [3.8, 4) is 0 Å². The van der Waals surface area contributed by atoms with Gasteiger partial charge in [0.2, 0.25) is 0 Å². The second kappa shape index (κ2) is 7.78.